The van der Waals surface area contributed by atoms with Crippen LogP contribution in [0.3, 0.4) is 0 Å². The van der Waals surface area contributed by atoms with Crippen LogP contribution in [0.4, 0.5) is 17.3 Å². The maximum atomic E-state index is 5.03. The standard InChI is InChI=1S/C28H19Br2N3/c29-22-13-7-15-24(17-22)33(25-16-8-14-23(30)18-25)28-31-26(20-9-3-1-4-10-20)19-27(32-28)21-11-5-2-6-12-21/h1-19H. The Morgan fingerprint density at radius 2 is 0.939 bits per heavy atom. The normalized spacial score (nSPS) is 10.7. The highest BCUT2D eigenvalue weighted by molar-refractivity contribution is 9.10. The van der Waals surface area contributed by atoms with Crippen molar-refractivity contribution >= 4 is 49.2 Å². The van der Waals surface area contributed by atoms with Crippen LogP contribution in [0.15, 0.2) is 124 Å². The van der Waals surface area contributed by atoms with Crippen molar-refractivity contribution in [3.63, 3.8) is 0 Å². The minimum absolute atomic E-state index is 0.603. The van der Waals surface area contributed by atoms with Crippen LogP contribution in [0.1, 0.15) is 0 Å². The summed E-state index contributed by atoms with van der Waals surface area (Å²) >= 11 is 7.23. The van der Waals surface area contributed by atoms with E-state index < -0.39 is 0 Å². The van der Waals surface area contributed by atoms with Crippen LogP contribution in [0.2, 0.25) is 0 Å². The van der Waals surface area contributed by atoms with E-state index in [2.05, 4.69) is 85.3 Å². The van der Waals surface area contributed by atoms with Crippen molar-refractivity contribution in [2.45, 2.75) is 0 Å². The first-order chi connectivity index (χ1) is 16.2. The molecular formula is C28H19Br2N3. The van der Waals surface area contributed by atoms with Crippen LogP contribution in [0.5, 0.6) is 0 Å². The first-order valence-corrected chi connectivity index (χ1v) is 12.1. The molecule has 5 rings (SSSR count). The summed E-state index contributed by atoms with van der Waals surface area (Å²) in [5, 5.41) is 0. The average Bonchev–Trinajstić information content (AvgIpc) is 2.85. The smallest absolute Gasteiger partial charge is 0.235 e. The molecule has 4 aromatic carbocycles. The van der Waals surface area contributed by atoms with Crippen LogP contribution in [0, 0.1) is 0 Å². The summed E-state index contributed by atoms with van der Waals surface area (Å²) in [5.74, 6) is 0.603. The third-order valence-electron chi connectivity index (χ3n) is 5.19. The molecule has 0 bridgehead atoms. The lowest BCUT2D eigenvalue weighted by molar-refractivity contribution is 1.09. The lowest BCUT2D eigenvalue weighted by Gasteiger charge is -2.24. The van der Waals surface area contributed by atoms with Gasteiger partial charge in [0.15, 0.2) is 0 Å². The van der Waals surface area contributed by atoms with Gasteiger partial charge in [-0.25, -0.2) is 9.97 Å². The molecule has 0 aliphatic carbocycles. The summed E-state index contributed by atoms with van der Waals surface area (Å²) in [6, 6.07) is 38.8. The van der Waals surface area contributed by atoms with Crippen molar-refractivity contribution in [2.24, 2.45) is 0 Å². The van der Waals surface area contributed by atoms with Crippen LogP contribution < -0.4 is 4.90 Å². The SMILES string of the molecule is Brc1cccc(N(c2cccc(Br)c2)c2nc(-c3ccccc3)cc(-c3ccccc3)n2)c1. The first kappa shape index (κ1) is 21.6. The largest absolute Gasteiger partial charge is 0.279 e. The van der Waals surface area contributed by atoms with Gasteiger partial charge in [0, 0.05) is 20.1 Å². The molecule has 0 N–H and O–H groups in total. The van der Waals surface area contributed by atoms with Gasteiger partial charge in [-0.2, -0.15) is 0 Å². The van der Waals surface area contributed by atoms with Crippen LogP contribution in [-0.4, -0.2) is 9.97 Å². The zero-order valence-corrected chi connectivity index (χ0v) is 20.7. The van der Waals surface area contributed by atoms with Gasteiger partial charge in [0.05, 0.1) is 22.8 Å². The Balaban J connectivity index is 1.76. The highest BCUT2D eigenvalue weighted by Crippen LogP contribution is 2.37. The monoisotopic (exact) mass is 555 g/mol. The number of aromatic nitrogens is 2. The number of hydrogen-bond donors (Lipinski definition) is 0. The van der Waals surface area contributed by atoms with E-state index in [0.29, 0.717) is 5.95 Å². The summed E-state index contributed by atoms with van der Waals surface area (Å²) < 4.78 is 1.98. The molecule has 160 valence electrons. The minimum Gasteiger partial charge on any atom is -0.279 e. The molecule has 5 aromatic rings. The van der Waals surface area contributed by atoms with E-state index in [4.69, 9.17) is 9.97 Å². The second kappa shape index (κ2) is 9.69. The third kappa shape index (κ3) is 4.90. The molecule has 0 spiro atoms. The van der Waals surface area contributed by atoms with Crippen molar-refractivity contribution in [3.8, 4) is 22.5 Å². The molecule has 33 heavy (non-hydrogen) atoms. The van der Waals surface area contributed by atoms with Gasteiger partial charge in [-0.1, -0.05) is 105 Å². The molecule has 0 fully saturated rings. The zero-order chi connectivity index (χ0) is 22.6. The van der Waals surface area contributed by atoms with Crippen LogP contribution in [0.25, 0.3) is 22.5 Å². The average molecular weight is 557 g/mol. The molecule has 0 radical (unpaired) electrons. The Morgan fingerprint density at radius 3 is 1.36 bits per heavy atom. The lowest BCUT2D eigenvalue weighted by atomic mass is 10.1. The molecule has 1 heterocycles. The van der Waals surface area contributed by atoms with Gasteiger partial charge in [-0.15, -0.1) is 0 Å². The van der Waals surface area contributed by atoms with Gasteiger partial charge in [0.25, 0.3) is 0 Å². The van der Waals surface area contributed by atoms with E-state index in [9.17, 15) is 0 Å². The number of benzene rings is 4. The lowest BCUT2D eigenvalue weighted by Crippen LogP contribution is -2.14. The van der Waals surface area contributed by atoms with Crippen molar-refractivity contribution in [1.29, 1.82) is 0 Å². The van der Waals surface area contributed by atoms with E-state index in [0.717, 1.165) is 42.8 Å². The molecular weight excluding hydrogens is 538 g/mol. The van der Waals surface area contributed by atoms with Gasteiger partial charge < -0.3 is 0 Å². The minimum atomic E-state index is 0.603. The summed E-state index contributed by atoms with van der Waals surface area (Å²) in [6.45, 7) is 0. The number of anilines is 3. The predicted molar refractivity (Wildman–Crippen MR) is 143 cm³/mol. The molecule has 0 amide bonds. The fourth-order valence-electron chi connectivity index (χ4n) is 3.66. The Kier molecular flexibility index (Phi) is 6.33. The van der Waals surface area contributed by atoms with Gasteiger partial charge in [-0.3, -0.25) is 4.90 Å². The van der Waals surface area contributed by atoms with Crippen LogP contribution in [-0.2, 0) is 0 Å². The number of nitrogens with zero attached hydrogens (tertiary/aromatic N) is 3. The second-order valence-corrected chi connectivity index (χ2v) is 9.30. The zero-order valence-electron chi connectivity index (χ0n) is 17.6. The number of halogens is 2. The number of hydrogen-bond acceptors (Lipinski definition) is 3. The predicted octanol–water partition coefficient (Wildman–Crippen LogP) is 8.81. The van der Waals surface area contributed by atoms with Gasteiger partial charge in [0.1, 0.15) is 0 Å². The van der Waals surface area contributed by atoms with E-state index >= 15 is 0 Å². The van der Waals surface area contributed by atoms with Crippen molar-refractivity contribution in [3.05, 3.63) is 124 Å². The van der Waals surface area contributed by atoms with E-state index in [1.54, 1.807) is 0 Å². The molecule has 0 aliphatic rings. The molecule has 0 aliphatic heterocycles. The quantitative estimate of drug-likeness (QED) is 0.216. The van der Waals surface area contributed by atoms with Crippen molar-refractivity contribution in [2.75, 3.05) is 4.90 Å². The van der Waals surface area contributed by atoms with Gasteiger partial charge in [0.2, 0.25) is 5.95 Å². The highest BCUT2D eigenvalue weighted by atomic mass is 79.9. The molecule has 0 saturated heterocycles. The number of rotatable bonds is 5. The summed E-state index contributed by atoms with van der Waals surface area (Å²) in [5.41, 5.74) is 5.76. The topological polar surface area (TPSA) is 29.0 Å². The van der Waals surface area contributed by atoms with Gasteiger partial charge in [-0.05, 0) is 42.5 Å². The van der Waals surface area contributed by atoms with E-state index in [-0.39, 0.29) is 0 Å². The Morgan fingerprint density at radius 1 is 0.485 bits per heavy atom. The Bertz CT molecular complexity index is 1290. The van der Waals surface area contributed by atoms with Crippen molar-refractivity contribution in [1.82, 2.24) is 9.97 Å². The van der Waals surface area contributed by atoms with E-state index in [1.165, 1.54) is 0 Å². The summed E-state index contributed by atoms with van der Waals surface area (Å²) in [6.07, 6.45) is 0. The first-order valence-electron chi connectivity index (χ1n) is 10.5. The Labute approximate surface area is 210 Å². The highest BCUT2D eigenvalue weighted by Gasteiger charge is 2.19. The van der Waals surface area contributed by atoms with Gasteiger partial charge >= 0.3 is 0 Å². The second-order valence-electron chi connectivity index (χ2n) is 7.47. The maximum absolute atomic E-state index is 5.03. The molecule has 5 heteroatoms. The maximum Gasteiger partial charge on any atom is 0.235 e. The fraction of sp³-hybridized carbons (Fsp3) is 0. The third-order valence-corrected chi connectivity index (χ3v) is 6.17. The summed E-state index contributed by atoms with van der Waals surface area (Å²) in [7, 11) is 0. The Hall–Kier alpha value is -3.28. The fourth-order valence-corrected chi connectivity index (χ4v) is 4.43. The molecule has 0 saturated carbocycles. The molecule has 3 nitrogen and oxygen atoms in total. The molecule has 1 aromatic heterocycles. The van der Waals surface area contributed by atoms with Crippen LogP contribution >= 0.6 is 31.9 Å². The van der Waals surface area contributed by atoms with Crippen molar-refractivity contribution < 1.29 is 0 Å². The molecule has 0 atom stereocenters. The summed E-state index contributed by atoms with van der Waals surface area (Å²) in [4.78, 5) is 12.1. The van der Waals surface area contributed by atoms with E-state index in [1.807, 2.05) is 66.7 Å². The molecule has 0 unspecified atom stereocenters.